The number of nitrogens with zero attached hydrogens (tertiary/aromatic N) is 2. The van der Waals surface area contributed by atoms with E-state index in [0.717, 1.165) is 31.0 Å². The molecule has 0 aliphatic carbocycles. The Kier molecular flexibility index (Phi) is 4.59. The van der Waals surface area contributed by atoms with Gasteiger partial charge in [-0.05, 0) is 29.8 Å². The standard InChI is InChI=1S/C18H22FN3/c19-12-18-14-22(17-8-6-16(20)7-9-17)11-10-21(18)13-15-4-2-1-3-5-15/h1-9,18H,10-14,20H2. The monoisotopic (exact) mass is 299 g/mol. The van der Waals surface area contributed by atoms with Crippen molar-refractivity contribution in [2.75, 3.05) is 36.9 Å². The first-order valence-corrected chi connectivity index (χ1v) is 7.70. The molecular formula is C18H22FN3. The molecule has 2 N–H and O–H groups in total. The molecule has 22 heavy (non-hydrogen) atoms. The summed E-state index contributed by atoms with van der Waals surface area (Å²) in [5.41, 5.74) is 8.84. The number of hydrogen-bond donors (Lipinski definition) is 1. The zero-order valence-electron chi connectivity index (χ0n) is 12.7. The number of nitrogens with two attached hydrogens (primary N) is 1. The highest BCUT2D eigenvalue weighted by atomic mass is 19.1. The molecule has 1 aliphatic heterocycles. The molecule has 0 amide bonds. The van der Waals surface area contributed by atoms with Crippen molar-refractivity contribution in [3.05, 3.63) is 60.2 Å². The third-order valence-corrected chi connectivity index (χ3v) is 4.27. The summed E-state index contributed by atoms with van der Waals surface area (Å²) in [6, 6.07) is 18.0. The number of halogens is 1. The van der Waals surface area contributed by atoms with Gasteiger partial charge in [-0.1, -0.05) is 30.3 Å². The average Bonchev–Trinajstić information content (AvgIpc) is 2.57. The van der Waals surface area contributed by atoms with Crippen molar-refractivity contribution in [1.29, 1.82) is 0 Å². The van der Waals surface area contributed by atoms with E-state index in [2.05, 4.69) is 21.9 Å². The molecule has 2 aromatic rings. The van der Waals surface area contributed by atoms with E-state index in [4.69, 9.17) is 5.73 Å². The minimum absolute atomic E-state index is 0.0634. The Morgan fingerprint density at radius 2 is 1.73 bits per heavy atom. The fourth-order valence-corrected chi connectivity index (χ4v) is 2.99. The normalized spacial score (nSPS) is 19.3. The van der Waals surface area contributed by atoms with Gasteiger partial charge < -0.3 is 10.6 Å². The first kappa shape index (κ1) is 14.9. The maximum Gasteiger partial charge on any atom is 0.107 e. The summed E-state index contributed by atoms with van der Waals surface area (Å²) in [7, 11) is 0. The second kappa shape index (κ2) is 6.79. The van der Waals surface area contributed by atoms with Crippen LogP contribution in [-0.4, -0.2) is 37.3 Å². The lowest BCUT2D eigenvalue weighted by Crippen LogP contribution is -2.53. The zero-order valence-corrected chi connectivity index (χ0v) is 12.7. The van der Waals surface area contributed by atoms with Gasteiger partial charge in [-0.25, -0.2) is 4.39 Å². The van der Waals surface area contributed by atoms with Crippen LogP contribution >= 0.6 is 0 Å². The van der Waals surface area contributed by atoms with Gasteiger partial charge in [-0.2, -0.15) is 0 Å². The van der Waals surface area contributed by atoms with Gasteiger partial charge in [-0.3, -0.25) is 4.90 Å². The molecular weight excluding hydrogens is 277 g/mol. The lowest BCUT2D eigenvalue weighted by Gasteiger charge is -2.41. The Morgan fingerprint density at radius 1 is 1.00 bits per heavy atom. The zero-order chi connectivity index (χ0) is 15.4. The molecule has 2 aromatic carbocycles. The first-order valence-electron chi connectivity index (χ1n) is 7.70. The van der Waals surface area contributed by atoms with Crippen LogP contribution in [0.1, 0.15) is 5.56 Å². The first-order chi connectivity index (χ1) is 10.8. The smallest absolute Gasteiger partial charge is 0.107 e. The molecule has 1 unspecified atom stereocenters. The number of benzene rings is 2. The molecule has 3 nitrogen and oxygen atoms in total. The van der Waals surface area contributed by atoms with Crippen LogP contribution in [0.25, 0.3) is 0 Å². The van der Waals surface area contributed by atoms with E-state index in [1.807, 2.05) is 42.5 Å². The molecule has 1 aliphatic rings. The number of piperazine rings is 1. The Balaban J connectivity index is 1.67. The average molecular weight is 299 g/mol. The maximum atomic E-state index is 13.5. The summed E-state index contributed by atoms with van der Waals surface area (Å²) in [6.07, 6.45) is 0. The predicted octanol–water partition coefficient (Wildman–Crippen LogP) is 2.93. The number of nitrogen functional groups attached to an aromatic ring is 1. The fraction of sp³-hybridized carbons (Fsp3) is 0.333. The Labute approximate surface area is 131 Å². The van der Waals surface area contributed by atoms with Gasteiger partial charge in [0.05, 0.1) is 6.04 Å². The molecule has 1 atom stereocenters. The molecule has 0 aromatic heterocycles. The van der Waals surface area contributed by atoms with Crippen molar-refractivity contribution in [1.82, 2.24) is 4.90 Å². The van der Waals surface area contributed by atoms with Crippen LogP contribution < -0.4 is 10.6 Å². The van der Waals surface area contributed by atoms with E-state index in [1.165, 1.54) is 5.56 Å². The molecule has 3 rings (SSSR count). The van der Waals surface area contributed by atoms with Crippen LogP contribution in [0.3, 0.4) is 0 Å². The largest absolute Gasteiger partial charge is 0.399 e. The molecule has 0 bridgehead atoms. The topological polar surface area (TPSA) is 32.5 Å². The summed E-state index contributed by atoms with van der Waals surface area (Å²) in [5, 5.41) is 0. The van der Waals surface area contributed by atoms with Gasteiger partial charge in [0.25, 0.3) is 0 Å². The van der Waals surface area contributed by atoms with Crippen molar-refractivity contribution in [3.63, 3.8) is 0 Å². The third kappa shape index (κ3) is 3.39. The summed E-state index contributed by atoms with van der Waals surface area (Å²) in [6.45, 7) is 2.98. The number of alkyl halides is 1. The van der Waals surface area contributed by atoms with Gasteiger partial charge in [-0.15, -0.1) is 0 Å². The summed E-state index contributed by atoms with van der Waals surface area (Å²) in [4.78, 5) is 4.48. The van der Waals surface area contributed by atoms with E-state index in [9.17, 15) is 4.39 Å². The second-order valence-electron chi connectivity index (χ2n) is 5.80. The predicted molar refractivity (Wildman–Crippen MR) is 89.7 cm³/mol. The second-order valence-corrected chi connectivity index (χ2v) is 5.80. The van der Waals surface area contributed by atoms with E-state index in [0.29, 0.717) is 6.54 Å². The lowest BCUT2D eigenvalue weighted by molar-refractivity contribution is 0.141. The van der Waals surface area contributed by atoms with Gasteiger partial charge in [0.15, 0.2) is 0 Å². The molecule has 4 heteroatoms. The van der Waals surface area contributed by atoms with Crippen molar-refractivity contribution < 1.29 is 4.39 Å². The highest BCUT2D eigenvalue weighted by molar-refractivity contribution is 5.53. The van der Waals surface area contributed by atoms with E-state index >= 15 is 0 Å². The minimum atomic E-state index is -0.321. The highest BCUT2D eigenvalue weighted by Crippen LogP contribution is 2.22. The van der Waals surface area contributed by atoms with Crippen LogP contribution in [0.2, 0.25) is 0 Å². The molecule has 1 heterocycles. The van der Waals surface area contributed by atoms with Crippen molar-refractivity contribution >= 4 is 11.4 Å². The number of hydrogen-bond acceptors (Lipinski definition) is 3. The van der Waals surface area contributed by atoms with Gasteiger partial charge >= 0.3 is 0 Å². The number of anilines is 2. The van der Waals surface area contributed by atoms with Gasteiger partial charge in [0.1, 0.15) is 6.67 Å². The summed E-state index contributed by atoms with van der Waals surface area (Å²) >= 11 is 0. The van der Waals surface area contributed by atoms with Crippen LogP contribution in [-0.2, 0) is 6.54 Å². The maximum absolute atomic E-state index is 13.5. The van der Waals surface area contributed by atoms with E-state index < -0.39 is 0 Å². The fourth-order valence-electron chi connectivity index (χ4n) is 2.99. The highest BCUT2D eigenvalue weighted by Gasteiger charge is 2.27. The van der Waals surface area contributed by atoms with E-state index in [-0.39, 0.29) is 12.7 Å². The van der Waals surface area contributed by atoms with Crippen LogP contribution in [0.4, 0.5) is 15.8 Å². The van der Waals surface area contributed by atoms with Crippen LogP contribution in [0, 0.1) is 0 Å². The molecule has 0 radical (unpaired) electrons. The van der Waals surface area contributed by atoms with Gasteiger partial charge in [0.2, 0.25) is 0 Å². The summed E-state index contributed by atoms with van der Waals surface area (Å²) < 4.78 is 13.5. The molecule has 1 saturated heterocycles. The van der Waals surface area contributed by atoms with Crippen molar-refractivity contribution in [2.24, 2.45) is 0 Å². The minimum Gasteiger partial charge on any atom is -0.399 e. The Morgan fingerprint density at radius 3 is 2.41 bits per heavy atom. The van der Waals surface area contributed by atoms with E-state index in [1.54, 1.807) is 0 Å². The number of rotatable bonds is 4. The molecule has 0 spiro atoms. The Hall–Kier alpha value is -2.07. The lowest BCUT2D eigenvalue weighted by atomic mass is 10.1. The SMILES string of the molecule is Nc1ccc(N2CCN(Cc3ccccc3)C(CF)C2)cc1. The van der Waals surface area contributed by atoms with Crippen molar-refractivity contribution in [2.45, 2.75) is 12.6 Å². The molecule has 116 valence electrons. The Bertz CT molecular complexity index is 585. The third-order valence-electron chi connectivity index (χ3n) is 4.27. The van der Waals surface area contributed by atoms with Crippen LogP contribution in [0.5, 0.6) is 0 Å². The molecule has 0 saturated carbocycles. The quantitative estimate of drug-likeness (QED) is 0.881. The van der Waals surface area contributed by atoms with Crippen molar-refractivity contribution in [3.8, 4) is 0 Å². The van der Waals surface area contributed by atoms with Gasteiger partial charge in [0, 0.05) is 37.6 Å². The van der Waals surface area contributed by atoms with Crippen LogP contribution in [0.15, 0.2) is 54.6 Å². The molecule has 1 fully saturated rings. The summed E-state index contributed by atoms with van der Waals surface area (Å²) in [5.74, 6) is 0.